The molecule has 0 aliphatic rings. The zero-order chi connectivity index (χ0) is 15.4. The second kappa shape index (κ2) is 6.10. The largest absolute Gasteiger partial charge is 0.351 e. The van der Waals surface area contributed by atoms with Gasteiger partial charge in [0.25, 0.3) is 5.91 Å². The fourth-order valence-corrected chi connectivity index (χ4v) is 2.11. The van der Waals surface area contributed by atoms with Gasteiger partial charge in [0, 0.05) is 24.6 Å². The molecular formula is C17H17N3O. The van der Waals surface area contributed by atoms with E-state index in [-0.39, 0.29) is 5.57 Å². The van der Waals surface area contributed by atoms with Crippen LogP contribution in [-0.2, 0) is 11.8 Å². The SMILES string of the molecule is Cc1cccc(C)c1NC(=O)/C(C#N)=C/c1cccn1C. The molecule has 0 radical (unpaired) electrons. The summed E-state index contributed by atoms with van der Waals surface area (Å²) in [6.45, 7) is 3.85. The number of hydrogen-bond donors (Lipinski definition) is 1. The first-order valence-electron chi connectivity index (χ1n) is 6.63. The minimum absolute atomic E-state index is 0.0828. The summed E-state index contributed by atoms with van der Waals surface area (Å²) in [5, 5.41) is 12.0. The van der Waals surface area contributed by atoms with Crippen LogP contribution in [0.15, 0.2) is 42.1 Å². The Morgan fingerprint density at radius 1 is 1.24 bits per heavy atom. The van der Waals surface area contributed by atoms with Gasteiger partial charge >= 0.3 is 0 Å². The lowest BCUT2D eigenvalue weighted by atomic mass is 10.1. The van der Waals surface area contributed by atoms with Crippen LogP contribution in [0.25, 0.3) is 6.08 Å². The summed E-state index contributed by atoms with van der Waals surface area (Å²) in [6, 6.07) is 11.5. The minimum atomic E-state index is -0.392. The van der Waals surface area contributed by atoms with Crippen molar-refractivity contribution < 1.29 is 4.79 Å². The van der Waals surface area contributed by atoms with Crippen molar-refractivity contribution in [3.8, 4) is 6.07 Å². The predicted molar refractivity (Wildman–Crippen MR) is 83.5 cm³/mol. The highest BCUT2D eigenvalue weighted by atomic mass is 16.1. The number of aromatic nitrogens is 1. The van der Waals surface area contributed by atoms with Crippen molar-refractivity contribution in [3.05, 3.63) is 58.9 Å². The molecular weight excluding hydrogens is 262 g/mol. The first kappa shape index (κ1) is 14.6. The molecule has 2 rings (SSSR count). The monoisotopic (exact) mass is 279 g/mol. The third-order valence-corrected chi connectivity index (χ3v) is 3.36. The van der Waals surface area contributed by atoms with Crippen LogP contribution in [0.1, 0.15) is 16.8 Å². The van der Waals surface area contributed by atoms with Crippen LogP contribution in [0.3, 0.4) is 0 Å². The number of para-hydroxylation sites is 1. The van der Waals surface area contributed by atoms with Crippen LogP contribution < -0.4 is 5.32 Å². The topological polar surface area (TPSA) is 57.8 Å². The van der Waals surface area contributed by atoms with E-state index in [1.165, 1.54) is 0 Å². The highest BCUT2D eigenvalue weighted by molar-refractivity contribution is 6.10. The lowest BCUT2D eigenvalue weighted by Gasteiger charge is -2.10. The van der Waals surface area contributed by atoms with Crippen molar-refractivity contribution in [1.82, 2.24) is 4.57 Å². The van der Waals surface area contributed by atoms with Gasteiger partial charge in [-0.15, -0.1) is 0 Å². The smallest absolute Gasteiger partial charge is 0.266 e. The summed E-state index contributed by atoms with van der Waals surface area (Å²) in [5.41, 5.74) is 3.59. The van der Waals surface area contributed by atoms with Crippen LogP contribution in [0.2, 0.25) is 0 Å². The van der Waals surface area contributed by atoms with Crippen LogP contribution in [0.4, 0.5) is 5.69 Å². The van der Waals surface area contributed by atoms with Gasteiger partial charge in [0.1, 0.15) is 11.6 Å². The number of amides is 1. The second-order valence-electron chi connectivity index (χ2n) is 4.93. The van der Waals surface area contributed by atoms with Gasteiger partial charge in [-0.05, 0) is 43.2 Å². The van der Waals surface area contributed by atoms with Crippen molar-refractivity contribution >= 4 is 17.7 Å². The molecule has 106 valence electrons. The second-order valence-corrected chi connectivity index (χ2v) is 4.93. The maximum absolute atomic E-state index is 12.3. The molecule has 1 N–H and O–H groups in total. The van der Waals surface area contributed by atoms with Crippen molar-refractivity contribution in [2.24, 2.45) is 7.05 Å². The zero-order valence-electron chi connectivity index (χ0n) is 12.3. The van der Waals surface area contributed by atoms with Crippen molar-refractivity contribution in [2.45, 2.75) is 13.8 Å². The number of hydrogen-bond acceptors (Lipinski definition) is 2. The van der Waals surface area contributed by atoms with E-state index in [9.17, 15) is 10.1 Å². The van der Waals surface area contributed by atoms with E-state index in [1.807, 2.05) is 68.1 Å². The molecule has 2 aromatic rings. The van der Waals surface area contributed by atoms with Gasteiger partial charge in [-0.25, -0.2) is 0 Å². The average Bonchev–Trinajstić information content (AvgIpc) is 2.85. The Kier molecular flexibility index (Phi) is 4.24. The minimum Gasteiger partial charge on any atom is -0.351 e. The van der Waals surface area contributed by atoms with Crippen LogP contribution in [-0.4, -0.2) is 10.5 Å². The number of carbonyl (C=O) groups is 1. The molecule has 0 saturated carbocycles. The molecule has 4 nitrogen and oxygen atoms in total. The Balaban J connectivity index is 2.29. The van der Waals surface area contributed by atoms with Crippen molar-refractivity contribution in [2.75, 3.05) is 5.32 Å². The van der Waals surface area contributed by atoms with Crippen molar-refractivity contribution in [3.63, 3.8) is 0 Å². The summed E-state index contributed by atoms with van der Waals surface area (Å²) in [7, 11) is 1.87. The summed E-state index contributed by atoms with van der Waals surface area (Å²) in [6.07, 6.45) is 3.45. The molecule has 4 heteroatoms. The molecule has 0 aliphatic carbocycles. The van der Waals surface area contributed by atoms with E-state index in [0.29, 0.717) is 0 Å². The number of carbonyl (C=O) groups excluding carboxylic acids is 1. The van der Waals surface area contributed by atoms with Gasteiger partial charge in [0.15, 0.2) is 0 Å². The Morgan fingerprint density at radius 2 is 1.90 bits per heavy atom. The van der Waals surface area contributed by atoms with Gasteiger partial charge in [-0.2, -0.15) is 5.26 Å². The molecule has 0 unspecified atom stereocenters. The number of anilines is 1. The van der Waals surface area contributed by atoms with Crippen LogP contribution in [0.5, 0.6) is 0 Å². The molecule has 0 aliphatic heterocycles. The van der Waals surface area contributed by atoms with Gasteiger partial charge in [-0.3, -0.25) is 4.79 Å². The van der Waals surface area contributed by atoms with Gasteiger partial charge in [0.05, 0.1) is 0 Å². The third-order valence-electron chi connectivity index (χ3n) is 3.36. The van der Waals surface area contributed by atoms with E-state index in [2.05, 4.69) is 5.32 Å². The molecule has 0 spiro atoms. The van der Waals surface area contributed by atoms with Gasteiger partial charge in [0.2, 0.25) is 0 Å². The standard InChI is InChI=1S/C17H17N3O/c1-12-6-4-7-13(2)16(12)19-17(21)14(11-18)10-15-8-5-9-20(15)3/h4-10H,1-3H3,(H,19,21)/b14-10+. The van der Waals surface area contributed by atoms with Gasteiger partial charge in [-0.1, -0.05) is 18.2 Å². The third kappa shape index (κ3) is 3.21. The van der Waals surface area contributed by atoms with Crippen LogP contribution >= 0.6 is 0 Å². The number of rotatable bonds is 3. The summed E-state index contributed by atoms with van der Waals surface area (Å²) >= 11 is 0. The average molecular weight is 279 g/mol. The Morgan fingerprint density at radius 3 is 2.43 bits per heavy atom. The van der Waals surface area contributed by atoms with Crippen LogP contribution in [0, 0.1) is 25.2 Å². The molecule has 1 aromatic carbocycles. The summed E-state index contributed by atoms with van der Waals surface area (Å²) in [5.74, 6) is -0.392. The molecule has 0 bridgehead atoms. The molecule has 0 saturated heterocycles. The molecule has 1 aromatic heterocycles. The molecule has 1 amide bonds. The number of nitrogens with one attached hydrogen (secondary N) is 1. The normalized spacial score (nSPS) is 11.0. The van der Waals surface area contributed by atoms with Gasteiger partial charge < -0.3 is 9.88 Å². The maximum Gasteiger partial charge on any atom is 0.266 e. The van der Waals surface area contributed by atoms with E-state index in [4.69, 9.17) is 0 Å². The Bertz CT molecular complexity index is 727. The maximum atomic E-state index is 12.3. The Hall–Kier alpha value is -2.80. The zero-order valence-corrected chi connectivity index (χ0v) is 12.3. The molecule has 0 atom stereocenters. The lowest BCUT2D eigenvalue weighted by molar-refractivity contribution is -0.112. The highest BCUT2D eigenvalue weighted by Crippen LogP contribution is 2.20. The number of aryl methyl sites for hydroxylation is 3. The van der Waals surface area contributed by atoms with E-state index >= 15 is 0 Å². The predicted octanol–water partition coefficient (Wildman–Crippen LogP) is 3.19. The molecule has 0 fully saturated rings. The first-order chi connectivity index (χ1) is 10.0. The number of nitrogens with zero attached hydrogens (tertiary/aromatic N) is 2. The number of benzene rings is 1. The van der Waals surface area contributed by atoms with E-state index in [0.717, 1.165) is 22.5 Å². The van der Waals surface area contributed by atoms with E-state index in [1.54, 1.807) is 6.08 Å². The van der Waals surface area contributed by atoms with E-state index < -0.39 is 5.91 Å². The fraction of sp³-hybridized carbons (Fsp3) is 0.176. The quantitative estimate of drug-likeness (QED) is 0.693. The molecule has 21 heavy (non-hydrogen) atoms. The summed E-state index contributed by atoms with van der Waals surface area (Å²) in [4.78, 5) is 12.3. The highest BCUT2D eigenvalue weighted by Gasteiger charge is 2.12. The first-order valence-corrected chi connectivity index (χ1v) is 6.63. The number of nitriles is 1. The molecule has 1 heterocycles. The fourth-order valence-electron chi connectivity index (χ4n) is 2.11. The Labute approximate surface area is 124 Å². The van der Waals surface area contributed by atoms with Crippen molar-refractivity contribution in [1.29, 1.82) is 5.26 Å². The summed E-state index contributed by atoms with van der Waals surface area (Å²) < 4.78 is 1.85. The lowest BCUT2D eigenvalue weighted by Crippen LogP contribution is -2.15.